The van der Waals surface area contributed by atoms with E-state index in [1.165, 1.54) is 0 Å². The summed E-state index contributed by atoms with van der Waals surface area (Å²) in [6.45, 7) is 9.95. The second-order valence-corrected chi connectivity index (χ2v) is 7.49. The van der Waals surface area contributed by atoms with Crippen molar-refractivity contribution in [2.75, 3.05) is 32.7 Å². The molecule has 2 N–H and O–H groups in total. The van der Waals surface area contributed by atoms with Gasteiger partial charge >= 0.3 is 0 Å². The third kappa shape index (κ3) is 3.29. The number of nitrogens with two attached hydrogens (primary N) is 1. The summed E-state index contributed by atoms with van der Waals surface area (Å²) in [6, 6.07) is 3.66. The molecule has 1 aliphatic rings. The smallest absolute Gasteiger partial charge is 0.243 e. The molecule has 0 atom stereocenters. The summed E-state index contributed by atoms with van der Waals surface area (Å²) < 4.78 is 27.3. The molecular weight excluding hydrogens is 286 g/mol. The molecule has 6 heteroatoms. The first-order valence-corrected chi connectivity index (χ1v) is 8.86. The van der Waals surface area contributed by atoms with E-state index in [0.29, 0.717) is 24.5 Å². The lowest BCUT2D eigenvalue weighted by Gasteiger charge is -2.33. The Labute approximate surface area is 127 Å². The van der Waals surface area contributed by atoms with Gasteiger partial charge in [0, 0.05) is 32.7 Å². The summed E-state index contributed by atoms with van der Waals surface area (Å²) in [7, 11) is -3.42. The number of likely N-dealkylation sites (N-methyl/N-ethyl adjacent to an activating group) is 1. The van der Waals surface area contributed by atoms with E-state index in [-0.39, 0.29) is 0 Å². The quantitative estimate of drug-likeness (QED) is 0.904. The van der Waals surface area contributed by atoms with Crippen LogP contribution < -0.4 is 5.73 Å². The average Bonchev–Trinajstić information content (AvgIpc) is 2.47. The Morgan fingerprint density at radius 2 is 1.71 bits per heavy atom. The second-order valence-electron chi connectivity index (χ2n) is 5.59. The highest BCUT2D eigenvalue weighted by molar-refractivity contribution is 7.89. The van der Waals surface area contributed by atoms with Gasteiger partial charge in [-0.2, -0.15) is 4.31 Å². The molecule has 0 unspecified atom stereocenters. The van der Waals surface area contributed by atoms with Crippen LogP contribution in [0.5, 0.6) is 0 Å². The van der Waals surface area contributed by atoms with E-state index in [1.807, 2.05) is 19.9 Å². The van der Waals surface area contributed by atoms with E-state index in [1.54, 1.807) is 10.4 Å². The van der Waals surface area contributed by atoms with Crippen molar-refractivity contribution in [3.05, 3.63) is 28.8 Å². The zero-order valence-electron chi connectivity index (χ0n) is 13.1. The van der Waals surface area contributed by atoms with Gasteiger partial charge in [-0.25, -0.2) is 8.42 Å². The third-order valence-corrected chi connectivity index (χ3v) is 6.29. The van der Waals surface area contributed by atoms with Gasteiger partial charge in [-0.3, -0.25) is 0 Å². The lowest BCUT2D eigenvalue weighted by molar-refractivity contribution is 0.196. The van der Waals surface area contributed by atoms with Crippen LogP contribution in [0.1, 0.15) is 23.6 Å². The Balaban J connectivity index is 2.32. The van der Waals surface area contributed by atoms with E-state index >= 15 is 0 Å². The summed E-state index contributed by atoms with van der Waals surface area (Å²) in [5.74, 6) is 0. The normalized spacial score (nSPS) is 18.1. The van der Waals surface area contributed by atoms with Crippen LogP contribution in [0.2, 0.25) is 0 Å². The van der Waals surface area contributed by atoms with Crippen molar-refractivity contribution in [1.82, 2.24) is 9.21 Å². The fourth-order valence-electron chi connectivity index (χ4n) is 2.80. The maximum Gasteiger partial charge on any atom is 0.243 e. The molecule has 1 aliphatic heterocycles. The van der Waals surface area contributed by atoms with Gasteiger partial charge in [-0.05, 0) is 43.1 Å². The van der Waals surface area contributed by atoms with Gasteiger partial charge in [0.2, 0.25) is 10.0 Å². The molecule has 0 aromatic heterocycles. The van der Waals surface area contributed by atoms with Crippen LogP contribution in [0.4, 0.5) is 0 Å². The van der Waals surface area contributed by atoms with Gasteiger partial charge in [-0.15, -0.1) is 0 Å². The predicted octanol–water partition coefficient (Wildman–Crippen LogP) is 1.09. The summed E-state index contributed by atoms with van der Waals surface area (Å²) in [5.41, 5.74) is 8.45. The maximum absolute atomic E-state index is 12.8. The van der Waals surface area contributed by atoms with E-state index in [9.17, 15) is 8.42 Å². The van der Waals surface area contributed by atoms with Gasteiger partial charge in [0.15, 0.2) is 0 Å². The molecule has 118 valence electrons. The van der Waals surface area contributed by atoms with Crippen molar-refractivity contribution in [3.63, 3.8) is 0 Å². The minimum Gasteiger partial charge on any atom is -0.326 e. The second kappa shape index (κ2) is 6.44. The first-order valence-electron chi connectivity index (χ1n) is 7.42. The number of nitrogens with zero attached hydrogens (tertiary/aromatic N) is 2. The number of benzene rings is 1. The molecule has 1 aromatic carbocycles. The molecular formula is C15H25N3O2S. The maximum atomic E-state index is 12.8. The van der Waals surface area contributed by atoms with Crippen LogP contribution in [0, 0.1) is 13.8 Å². The molecule has 1 heterocycles. The first kappa shape index (κ1) is 16.4. The zero-order valence-corrected chi connectivity index (χ0v) is 13.9. The van der Waals surface area contributed by atoms with Gasteiger partial charge < -0.3 is 10.6 Å². The van der Waals surface area contributed by atoms with Crippen molar-refractivity contribution in [2.24, 2.45) is 5.73 Å². The molecule has 0 saturated carbocycles. The van der Waals surface area contributed by atoms with Crippen LogP contribution in [0.25, 0.3) is 0 Å². The van der Waals surface area contributed by atoms with Crippen molar-refractivity contribution < 1.29 is 8.42 Å². The largest absolute Gasteiger partial charge is 0.326 e. The minimum absolute atomic E-state index is 0.359. The van der Waals surface area contributed by atoms with Gasteiger partial charge in [-0.1, -0.05) is 13.0 Å². The number of hydrogen-bond donors (Lipinski definition) is 1. The Morgan fingerprint density at radius 3 is 2.24 bits per heavy atom. The third-order valence-electron chi connectivity index (χ3n) is 4.25. The van der Waals surface area contributed by atoms with E-state index < -0.39 is 10.0 Å². The standard InChI is InChI=1S/C15H25N3O2S/c1-4-17-5-7-18(8-6-17)21(19,20)15-10-14(11-16)12(2)9-13(15)3/h9-10H,4-8,11,16H2,1-3H3. The number of piperazine rings is 1. The summed E-state index contributed by atoms with van der Waals surface area (Å²) in [5, 5.41) is 0. The Bertz CT molecular complexity index is 606. The topological polar surface area (TPSA) is 66.6 Å². The van der Waals surface area contributed by atoms with Gasteiger partial charge in [0.1, 0.15) is 0 Å². The van der Waals surface area contributed by atoms with Crippen molar-refractivity contribution in [3.8, 4) is 0 Å². The number of aryl methyl sites for hydroxylation is 2. The molecule has 2 rings (SSSR count). The van der Waals surface area contributed by atoms with Gasteiger partial charge in [0.25, 0.3) is 0 Å². The summed E-state index contributed by atoms with van der Waals surface area (Å²) >= 11 is 0. The summed E-state index contributed by atoms with van der Waals surface area (Å²) in [4.78, 5) is 2.66. The molecule has 1 saturated heterocycles. The molecule has 0 bridgehead atoms. The highest BCUT2D eigenvalue weighted by Crippen LogP contribution is 2.24. The highest BCUT2D eigenvalue weighted by Gasteiger charge is 2.29. The lowest BCUT2D eigenvalue weighted by atomic mass is 10.1. The van der Waals surface area contributed by atoms with Crippen LogP contribution in [0.3, 0.4) is 0 Å². The summed E-state index contributed by atoms with van der Waals surface area (Å²) in [6.07, 6.45) is 0. The van der Waals surface area contributed by atoms with E-state index in [0.717, 1.165) is 36.3 Å². The molecule has 1 fully saturated rings. The SMILES string of the molecule is CCN1CCN(S(=O)(=O)c2cc(CN)c(C)cc2C)CC1. The van der Waals surface area contributed by atoms with Crippen LogP contribution in [-0.4, -0.2) is 50.3 Å². The predicted molar refractivity (Wildman–Crippen MR) is 84.7 cm³/mol. The number of rotatable bonds is 4. The van der Waals surface area contributed by atoms with Crippen LogP contribution in [0.15, 0.2) is 17.0 Å². The zero-order chi connectivity index (χ0) is 15.6. The van der Waals surface area contributed by atoms with Crippen molar-refractivity contribution in [2.45, 2.75) is 32.2 Å². The Kier molecular flexibility index (Phi) is 5.03. The van der Waals surface area contributed by atoms with Crippen LogP contribution >= 0.6 is 0 Å². The van der Waals surface area contributed by atoms with Crippen molar-refractivity contribution >= 4 is 10.0 Å². The highest BCUT2D eigenvalue weighted by atomic mass is 32.2. The van der Waals surface area contributed by atoms with Gasteiger partial charge in [0.05, 0.1) is 4.90 Å². The molecule has 21 heavy (non-hydrogen) atoms. The number of sulfonamides is 1. The van der Waals surface area contributed by atoms with Crippen molar-refractivity contribution in [1.29, 1.82) is 0 Å². The monoisotopic (exact) mass is 311 g/mol. The molecule has 0 radical (unpaired) electrons. The molecule has 0 amide bonds. The Hall–Kier alpha value is -0.950. The van der Waals surface area contributed by atoms with Crippen LogP contribution in [-0.2, 0) is 16.6 Å². The molecule has 5 nitrogen and oxygen atoms in total. The molecule has 0 aliphatic carbocycles. The molecule has 0 spiro atoms. The fraction of sp³-hybridized carbons (Fsp3) is 0.600. The fourth-order valence-corrected chi connectivity index (χ4v) is 4.48. The minimum atomic E-state index is -3.42. The average molecular weight is 311 g/mol. The van der Waals surface area contributed by atoms with E-state index in [4.69, 9.17) is 5.73 Å². The lowest BCUT2D eigenvalue weighted by Crippen LogP contribution is -2.48. The Morgan fingerprint density at radius 1 is 1.10 bits per heavy atom. The number of hydrogen-bond acceptors (Lipinski definition) is 4. The molecule has 1 aromatic rings. The van der Waals surface area contributed by atoms with E-state index in [2.05, 4.69) is 11.8 Å². The first-order chi connectivity index (χ1) is 9.90.